The summed E-state index contributed by atoms with van der Waals surface area (Å²) in [5.74, 6) is -0.211. The Morgan fingerprint density at radius 2 is 1.80 bits per heavy atom. The van der Waals surface area contributed by atoms with Gasteiger partial charge in [0.05, 0.1) is 18.9 Å². The van der Waals surface area contributed by atoms with Gasteiger partial charge in [-0.05, 0) is 24.2 Å². The van der Waals surface area contributed by atoms with Gasteiger partial charge in [0.15, 0.2) is 0 Å². The molecule has 20 heavy (non-hydrogen) atoms. The van der Waals surface area contributed by atoms with E-state index in [2.05, 4.69) is 5.32 Å². The van der Waals surface area contributed by atoms with Crippen molar-refractivity contribution in [3.05, 3.63) is 29.6 Å². The molecule has 1 rings (SSSR count). The van der Waals surface area contributed by atoms with E-state index in [0.29, 0.717) is 32.0 Å². The maximum atomic E-state index is 14.1. The Morgan fingerprint density at radius 3 is 2.35 bits per heavy atom. The fourth-order valence-electron chi connectivity index (χ4n) is 1.94. The van der Waals surface area contributed by atoms with Crippen molar-refractivity contribution in [2.75, 3.05) is 52.0 Å². The molecule has 114 valence electrons. The molecule has 1 aromatic carbocycles. The van der Waals surface area contributed by atoms with Gasteiger partial charge in [-0.2, -0.15) is 0 Å². The molecule has 4 nitrogen and oxygen atoms in total. The Morgan fingerprint density at radius 1 is 1.15 bits per heavy atom. The Balaban J connectivity index is 2.85. The second-order valence-electron chi connectivity index (χ2n) is 4.54. The standard InChI is InChI=1S/C15H25FN2O2/c1-4-17-12-13-5-6-14(16)15(11-13)18(7-9-19-2)8-10-20-3/h5-6,11,17H,4,7-10,12H2,1-3H3. The van der Waals surface area contributed by atoms with E-state index in [1.54, 1.807) is 14.2 Å². The van der Waals surface area contributed by atoms with Crippen molar-refractivity contribution in [2.24, 2.45) is 0 Å². The molecule has 0 fully saturated rings. The number of benzene rings is 1. The number of nitrogens with one attached hydrogen (secondary N) is 1. The summed E-state index contributed by atoms with van der Waals surface area (Å²) in [5, 5.41) is 3.25. The van der Waals surface area contributed by atoms with Crippen LogP contribution >= 0.6 is 0 Å². The second kappa shape index (κ2) is 9.69. The zero-order chi connectivity index (χ0) is 14.8. The predicted octanol–water partition coefficient (Wildman–Crippen LogP) is 2.03. The van der Waals surface area contributed by atoms with Gasteiger partial charge in [-0.1, -0.05) is 13.0 Å². The smallest absolute Gasteiger partial charge is 0.146 e. The topological polar surface area (TPSA) is 33.7 Å². The molecule has 0 aliphatic heterocycles. The summed E-state index contributed by atoms with van der Waals surface area (Å²) in [6, 6.07) is 5.23. The first-order valence-electron chi connectivity index (χ1n) is 6.94. The molecule has 0 spiro atoms. The van der Waals surface area contributed by atoms with Crippen LogP contribution in [-0.2, 0) is 16.0 Å². The first kappa shape index (κ1) is 16.9. The third-order valence-corrected chi connectivity index (χ3v) is 3.06. The first-order valence-corrected chi connectivity index (χ1v) is 6.94. The summed E-state index contributed by atoms with van der Waals surface area (Å²) < 4.78 is 24.2. The summed E-state index contributed by atoms with van der Waals surface area (Å²) in [5.41, 5.74) is 1.68. The lowest BCUT2D eigenvalue weighted by Crippen LogP contribution is -2.31. The maximum Gasteiger partial charge on any atom is 0.146 e. The number of halogens is 1. The highest BCUT2D eigenvalue weighted by Gasteiger charge is 2.12. The van der Waals surface area contributed by atoms with Crippen molar-refractivity contribution in [2.45, 2.75) is 13.5 Å². The van der Waals surface area contributed by atoms with Crippen LogP contribution in [0.15, 0.2) is 18.2 Å². The van der Waals surface area contributed by atoms with Crippen LogP contribution < -0.4 is 10.2 Å². The number of methoxy groups -OCH3 is 2. The monoisotopic (exact) mass is 284 g/mol. The van der Waals surface area contributed by atoms with E-state index in [9.17, 15) is 4.39 Å². The van der Waals surface area contributed by atoms with Crippen LogP contribution in [0, 0.1) is 5.82 Å². The highest BCUT2D eigenvalue weighted by Crippen LogP contribution is 2.21. The van der Waals surface area contributed by atoms with Gasteiger partial charge in [0.1, 0.15) is 5.82 Å². The summed E-state index contributed by atoms with van der Waals surface area (Å²) in [4.78, 5) is 1.96. The number of anilines is 1. The van der Waals surface area contributed by atoms with E-state index in [-0.39, 0.29) is 5.82 Å². The van der Waals surface area contributed by atoms with Gasteiger partial charge in [0.2, 0.25) is 0 Å². The number of hydrogen-bond acceptors (Lipinski definition) is 4. The molecule has 0 aliphatic carbocycles. The molecule has 0 heterocycles. The van der Waals surface area contributed by atoms with Gasteiger partial charge in [-0.15, -0.1) is 0 Å². The number of hydrogen-bond donors (Lipinski definition) is 1. The van der Waals surface area contributed by atoms with E-state index in [4.69, 9.17) is 9.47 Å². The Hall–Kier alpha value is -1.17. The molecule has 1 aromatic rings. The van der Waals surface area contributed by atoms with Crippen LogP contribution in [0.25, 0.3) is 0 Å². The third-order valence-electron chi connectivity index (χ3n) is 3.06. The highest BCUT2D eigenvalue weighted by atomic mass is 19.1. The Labute approximate surface area is 120 Å². The minimum absolute atomic E-state index is 0.211. The van der Waals surface area contributed by atoms with Gasteiger partial charge >= 0.3 is 0 Å². The molecule has 5 heteroatoms. The molecule has 0 saturated heterocycles. The van der Waals surface area contributed by atoms with E-state index in [1.165, 1.54) is 6.07 Å². The first-order chi connectivity index (χ1) is 9.72. The van der Waals surface area contributed by atoms with Gasteiger partial charge in [0, 0.05) is 33.9 Å². The van der Waals surface area contributed by atoms with Gasteiger partial charge in [0.25, 0.3) is 0 Å². The quantitative estimate of drug-likeness (QED) is 0.713. The number of ether oxygens (including phenoxy) is 2. The normalized spacial score (nSPS) is 10.8. The second-order valence-corrected chi connectivity index (χ2v) is 4.54. The van der Waals surface area contributed by atoms with Crippen molar-refractivity contribution in [3.8, 4) is 0 Å². The fourth-order valence-corrected chi connectivity index (χ4v) is 1.94. The van der Waals surface area contributed by atoms with Crippen molar-refractivity contribution >= 4 is 5.69 Å². The zero-order valence-corrected chi connectivity index (χ0v) is 12.6. The van der Waals surface area contributed by atoms with Crippen molar-refractivity contribution in [1.82, 2.24) is 5.32 Å². The van der Waals surface area contributed by atoms with E-state index in [1.807, 2.05) is 24.0 Å². The van der Waals surface area contributed by atoms with Crippen molar-refractivity contribution in [1.29, 1.82) is 0 Å². The van der Waals surface area contributed by atoms with E-state index < -0.39 is 0 Å². The average Bonchev–Trinajstić information content (AvgIpc) is 2.47. The molecule has 0 aliphatic rings. The zero-order valence-electron chi connectivity index (χ0n) is 12.6. The summed E-state index contributed by atoms with van der Waals surface area (Å²) in [6.07, 6.45) is 0. The minimum atomic E-state index is -0.211. The van der Waals surface area contributed by atoms with Crippen LogP contribution in [-0.4, -0.2) is 47.1 Å². The lowest BCUT2D eigenvalue weighted by molar-refractivity contribution is 0.190. The Bertz CT molecular complexity index is 380. The maximum absolute atomic E-state index is 14.1. The Kier molecular flexibility index (Phi) is 8.18. The molecular formula is C15H25FN2O2. The highest BCUT2D eigenvalue weighted by molar-refractivity contribution is 5.50. The molecule has 0 unspecified atom stereocenters. The van der Waals surface area contributed by atoms with Crippen LogP contribution in [0.5, 0.6) is 0 Å². The molecule has 0 aromatic heterocycles. The summed E-state index contributed by atoms with van der Waals surface area (Å²) >= 11 is 0. The lowest BCUT2D eigenvalue weighted by Gasteiger charge is -2.25. The van der Waals surface area contributed by atoms with Crippen molar-refractivity contribution in [3.63, 3.8) is 0 Å². The minimum Gasteiger partial charge on any atom is -0.383 e. The van der Waals surface area contributed by atoms with Gasteiger partial charge in [-0.25, -0.2) is 4.39 Å². The number of rotatable bonds is 10. The molecule has 0 amide bonds. The largest absolute Gasteiger partial charge is 0.383 e. The van der Waals surface area contributed by atoms with Crippen LogP contribution in [0.1, 0.15) is 12.5 Å². The van der Waals surface area contributed by atoms with Gasteiger partial charge in [-0.3, -0.25) is 0 Å². The van der Waals surface area contributed by atoms with E-state index in [0.717, 1.165) is 18.7 Å². The molecule has 0 bridgehead atoms. The predicted molar refractivity (Wildman–Crippen MR) is 79.7 cm³/mol. The molecule has 0 atom stereocenters. The summed E-state index contributed by atoms with van der Waals surface area (Å²) in [6.45, 7) is 6.08. The third kappa shape index (κ3) is 5.45. The average molecular weight is 284 g/mol. The van der Waals surface area contributed by atoms with Crippen LogP contribution in [0.2, 0.25) is 0 Å². The molecule has 1 N–H and O–H groups in total. The lowest BCUT2D eigenvalue weighted by atomic mass is 10.1. The molecular weight excluding hydrogens is 259 g/mol. The summed E-state index contributed by atoms with van der Waals surface area (Å²) in [7, 11) is 3.29. The SMILES string of the molecule is CCNCc1ccc(F)c(N(CCOC)CCOC)c1. The fraction of sp³-hybridized carbons (Fsp3) is 0.600. The molecule has 0 radical (unpaired) electrons. The van der Waals surface area contributed by atoms with Crippen molar-refractivity contribution < 1.29 is 13.9 Å². The van der Waals surface area contributed by atoms with E-state index >= 15 is 0 Å². The van der Waals surface area contributed by atoms with Gasteiger partial charge < -0.3 is 19.7 Å². The molecule has 0 saturated carbocycles. The van der Waals surface area contributed by atoms with Crippen LogP contribution in [0.3, 0.4) is 0 Å². The number of nitrogens with zero attached hydrogens (tertiary/aromatic N) is 1. The van der Waals surface area contributed by atoms with Crippen LogP contribution in [0.4, 0.5) is 10.1 Å².